The van der Waals surface area contributed by atoms with Crippen molar-refractivity contribution in [1.29, 1.82) is 0 Å². The summed E-state index contributed by atoms with van der Waals surface area (Å²) in [5.74, 6) is 1.20. The van der Waals surface area contributed by atoms with E-state index < -0.39 is 0 Å². The summed E-state index contributed by atoms with van der Waals surface area (Å²) in [6.45, 7) is 2.79. The number of carbonyl (C=O) groups is 1. The first kappa shape index (κ1) is 13.7. The third kappa shape index (κ3) is 2.80. The van der Waals surface area contributed by atoms with E-state index in [0.717, 1.165) is 18.9 Å². The Hall–Kier alpha value is -2.22. The van der Waals surface area contributed by atoms with Gasteiger partial charge in [0.1, 0.15) is 5.56 Å². The number of anilines is 1. The Morgan fingerprint density at radius 2 is 2.14 bits per heavy atom. The molecule has 1 amide bonds. The van der Waals surface area contributed by atoms with Crippen molar-refractivity contribution in [1.82, 2.24) is 18.6 Å². The Kier molecular flexibility index (Phi) is 3.96. The number of piperazine rings is 1. The number of rotatable bonds is 3. The van der Waals surface area contributed by atoms with E-state index in [1.807, 2.05) is 4.90 Å². The molecule has 3 rings (SSSR count). The van der Waals surface area contributed by atoms with Crippen LogP contribution in [-0.2, 0) is 0 Å². The molecular formula is C13H15N5O2S. The highest BCUT2D eigenvalue weighted by Crippen LogP contribution is 2.19. The van der Waals surface area contributed by atoms with Crippen molar-refractivity contribution in [2.45, 2.75) is 0 Å². The lowest BCUT2D eigenvalue weighted by Gasteiger charge is -2.34. The van der Waals surface area contributed by atoms with Crippen LogP contribution >= 0.6 is 11.7 Å². The monoisotopic (exact) mass is 305 g/mol. The van der Waals surface area contributed by atoms with E-state index in [0.29, 0.717) is 24.5 Å². The quantitative estimate of drug-likeness (QED) is 0.839. The Bertz CT molecular complexity index is 611. The second-order valence-corrected chi connectivity index (χ2v) is 5.16. The number of pyridine rings is 1. The van der Waals surface area contributed by atoms with Gasteiger partial charge in [0.25, 0.3) is 5.91 Å². The van der Waals surface area contributed by atoms with E-state index in [-0.39, 0.29) is 5.91 Å². The van der Waals surface area contributed by atoms with Crippen LogP contribution in [0.25, 0.3) is 0 Å². The maximum atomic E-state index is 12.5. The van der Waals surface area contributed by atoms with Crippen molar-refractivity contribution in [3.05, 3.63) is 30.1 Å². The van der Waals surface area contributed by atoms with E-state index in [1.165, 1.54) is 18.8 Å². The van der Waals surface area contributed by atoms with Gasteiger partial charge in [-0.1, -0.05) is 0 Å². The minimum absolute atomic E-state index is 0.0454. The first-order valence-corrected chi connectivity index (χ1v) is 7.33. The van der Waals surface area contributed by atoms with E-state index in [4.69, 9.17) is 4.74 Å². The number of carbonyl (C=O) groups excluding carboxylic acids is 1. The van der Waals surface area contributed by atoms with Crippen LogP contribution in [0.4, 0.5) is 5.82 Å². The van der Waals surface area contributed by atoms with Gasteiger partial charge >= 0.3 is 0 Å². The number of nitrogens with zero attached hydrogens (tertiary/aromatic N) is 5. The molecule has 0 aliphatic carbocycles. The van der Waals surface area contributed by atoms with Crippen LogP contribution in [0.1, 0.15) is 10.4 Å². The second kappa shape index (κ2) is 6.04. The van der Waals surface area contributed by atoms with Crippen LogP contribution in [0.5, 0.6) is 5.88 Å². The number of ether oxygens (including phenoxy) is 1. The predicted octanol–water partition coefficient (Wildman–Crippen LogP) is 0.904. The maximum absolute atomic E-state index is 12.5. The standard InChI is InChI=1S/C13H15N5O2S/c1-20-12-10(3-2-4-14-12)13(19)18-7-5-17(6-8-18)11-9-15-21-16-11/h2-4,9H,5-8H2,1H3. The molecule has 0 aromatic carbocycles. The van der Waals surface area contributed by atoms with Gasteiger partial charge in [0.05, 0.1) is 25.0 Å². The highest BCUT2D eigenvalue weighted by atomic mass is 32.1. The molecule has 0 radical (unpaired) electrons. The Morgan fingerprint density at radius 3 is 2.81 bits per heavy atom. The second-order valence-electron chi connectivity index (χ2n) is 4.61. The summed E-state index contributed by atoms with van der Waals surface area (Å²) in [5.41, 5.74) is 0.503. The molecule has 3 heterocycles. The molecule has 0 unspecified atom stereocenters. The van der Waals surface area contributed by atoms with E-state index >= 15 is 0 Å². The van der Waals surface area contributed by atoms with Crippen molar-refractivity contribution in [3.8, 4) is 5.88 Å². The summed E-state index contributed by atoms with van der Waals surface area (Å²) in [5, 5.41) is 0. The SMILES string of the molecule is COc1ncccc1C(=O)N1CCN(c2cnsn2)CC1. The van der Waals surface area contributed by atoms with Gasteiger partial charge in [-0.3, -0.25) is 4.79 Å². The summed E-state index contributed by atoms with van der Waals surface area (Å²) in [7, 11) is 1.52. The van der Waals surface area contributed by atoms with Crippen molar-refractivity contribution < 1.29 is 9.53 Å². The molecule has 8 heteroatoms. The van der Waals surface area contributed by atoms with Crippen LogP contribution in [0.3, 0.4) is 0 Å². The normalized spacial score (nSPS) is 15.1. The molecule has 21 heavy (non-hydrogen) atoms. The molecule has 0 spiro atoms. The molecule has 2 aromatic heterocycles. The van der Waals surface area contributed by atoms with Crippen LogP contribution in [0, 0.1) is 0 Å². The van der Waals surface area contributed by atoms with Crippen molar-refractivity contribution >= 4 is 23.5 Å². The predicted molar refractivity (Wildman–Crippen MR) is 78.8 cm³/mol. The number of hydrogen-bond donors (Lipinski definition) is 0. The molecule has 7 nitrogen and oxygen atoms in total. The zero-order valence-corrected chi connectivity index (χ0v) is 12.4. The van der Waals surface area contributed by atoms with Gasteiger partial charge in [0, 0.05) is 32.4 Å². The summed E-state index contributed by atoms with van der Waals surface area (Å²) in [6.07, 6.45) is 3.37. The molecular weight excluding hydrogens is 290 g/mol. The summed E-state index contributed by atoms with van der Waals surface area (Å²) in [6, 6.07) is 3.48. The van der Waals surface area contributed by atoms with Crippen LogP contribution < -0.4 is 9.64 Å². The Balaban J connectivity index is 1.68. The molecule has 1 fully saturated rings. The molecule has 110 valence electrons. The smallest absolute Gasteiger partial charge is 0.259 e. The van der Waals surface area contributed by atoms with Gasteiger partial charge in [-0.25, -0.2) is 4.98 Å². The number of amides is 1. The minimum atomic E-state index is -0.0454. The van der Waals surface area contributed by atoms with Crippen LogP contribution in [0.15, 0.2) is 24.5 Å². The highest BCUT2D eigenvalue weighted by molar-refractivity contribution is 6.99. The van der Waals surface area contributed by atoms with Crippen LogP contribution in [0.2, 0.25) is 0 Å². The molecule has 0 bridgehead atoms. The van der Waals surface area contributed by atoms with E-state index in [9.17, 15) is 4.79 Å². The lowest BCUT2D eigenvalue weighted by Crippen LogP contribution is -2.49. The lowest BCUT2D eigenvalue weighted by atomic mass is 10.2. The third-order valence-corrected chi connectivity index (χ3v) is 3.90. The third-order valence-electron chi connectivity index (χ3n) is 3.44. The van der Waals surface area contributed by atoms with Crippen molar-refractivity contribution in [2.24, 2.45) is 0 Å². The minimum Gasteiger partial charge on any atom is -0.480 e. The average Bonchev–Trinajstić information content (AvgIpc) is 3.09. The summed E-state index contributed by atoms with van der Waals surface area (Å²) < 4.78 is 13.4. The van der Waals surface area contributed by atoms with Gasteiger partial charge < -0.3 is 14.5 Å². The highest BCUT2D eigenvalue weighted by Gasteiger charge is 2.25. The maximum Gasteiger partial charge on any atom is 0.259 e. The fourth-order valence-corrected chi connectivity index (χ4v) is 2.76. The Labute approximate surface area is 126 Å². The van der Waals surface area contributed by atoms with Gasteiger partial charge in [-0.2, -0.15) is 8.75 Å². The fourth-order valence-electron chi connectivity index (χ4n) is 2.32. The number of hydrogen-bond acceptors (Lipinski definition) is 7. The molecule has 0 N–H and O–H groups in total. The molecule has 0 saturated carbocycles. The fraction of sp³-hybridized carbons (Fsp3) is 0.385. The largest absolute Gasteiger partial charge is 0.480 e. The van der Waals surface area contributed by atoms with Gasteiger partial charge in [-0.05, 0) is 12.1 Å². The molecule has 0 atom stereocenters. The Morgan fingerprint density at radius 1 is 1.33 bits per heavy atom. The average molecular weight is 305 g/mol. The van der Waals surface area contributed by atoms with Crippen LogP contribution in [-0.4, -0.2) is 57.8 Å². The van der Waals surface area contributed by atoms with Crippen molar-refractivity contribution in [3.63, 3.8) is 0 Å². The van der Waals surface area contributed by atoms with Gasteiger partial charge in [0.15, 0.2) is 5.82 Å². The number of aromatic nitrogens is 3. The zero-order valence-electron chi connectivity index (χ0n) is 11.6. The molecule has 1 saturated heterocycles. The van der Waals surface area contributed by atoms with Gasteiger partial charge in [-0.15, -0.1) is 0 Å². The first-order chi connectivity index (χ1) is 10.3. The number of methoxy groups -OCH3 is 1. The summed E-state index contributed by atoms with van der Waals surface area (Å²) >= 11 is 1.20. The molecule has 2 aromatic rings. The summed E-state index contributed by atoms with van der Waals surface area (Å²) in [4.78, 5) is 20.6. The van der Waals surface area contributed by atoms with Crippen molar-refractivity contribution in [2.75, 3.05) is 38.2 Å². The van der Waals surface area contributed by atoms with Gasteiger partial charge in [0.2, 0.25) is 5.88 Å². The topological polar surface area (TPSA) is 71.5 Å². The van der Waals surface area contributed by atoms with E-state index in [1.54, 1.807) is 24.5 Å². The zero-order chi connectivity index (χ0) is 14.7. The molecule has 1 aliphatic heterocycles. The lowest BCUT2D eigenvalue weighted by molar-refractivity contribution is 0.0742. The molecule has 1 aliphatic rings. The first-order valence-electron chi connectivity index (χ1n) is 6.60. The van der Waals surface area contributed by atoms with E-state index in [2.05, 4.69) is 18.6 Å².